The number of hydrogen-bond donors (Lipinski definition) is 1. The van der Waals surface area contributed by atoms with Crippen LogP contribution < -0.4 is 5.73 Å². The fourth-order valence-electron chi connectivity index (χ4n) is 1.77. The van der Waals surface area contributed by atoms with E-state index in [2.05, 4.69) is 29.3 Å². The Hall–Kier alpha value is -0.490. The van der Waals surface area contributed by atoms with Crippen molar-refractivity contribution in [1.29, 1.82) is 0 Å². The van der Waals surface area contributed by atoms with E-state index >= 15 is 0 Å². The van der Waals surface area contributed by atoms with Crippen LogP contribution >= 0.6 is 35.7 Å². The monoisotopic (exact) mass is 316 g/mol. The zero-order valence-electron chi connectivity index (χ0n) is 7.31. The van der Waals surface area contributed by atoms with Gasteiger partial charge in [-0.2, -0.15) is 0 Å². The summed E-state index contributed by atoms with van der Waals surface area (Å²) in [6.07, 6.45) is 2.17. The summed E-state index contributed by atoms with van der Waals surface area (Å²) in [4.78, 5) is 5.64. The van der Waals surface area contributed by atoms with Gasteiger partial charge in [0.05, 0.1) is 0 Å². The first-order chi connectivity index (χ1) is 6.34. The lowest BCUT2D eigenvalue weighted by atomic mass is 10.1. The van der Waals surface area contributed by atoms with Crippen LogP contribution in [0.15, 0.2) is 34.2 Å². The number of halogens is 1. The summed E-state index contributed by atoms with van der Waals surface area (Å²) >= 11 is 1.58. The van der Waals surface area contributed by atoms with Crippen LogP contribution in [0, 0.1) is 0 Å². The van der Waals surface area contributed by atoms with Crippen molar-refractivity contribution in [3.05, 3.63) is 40.3 Å². The van der Waals surface area contributed by atoms with Crippen molar-refractivity contribution in [3.63, 3.8) is 0 Å². The van der Waals surface area contributed by atoms with E-state index in [0.29, 0.717) is 5.17 Å². The molecule has 0 amide bonds. The Morgan fingerprint density at radius 1 is 1.29 bits per heavy atom. The molecule has 0 fully saturated rings. The van der Waals surface area contributed by atoms with E-state index in [1.807, 2.05) is 6.07 Å². The van der Waals surface area contributed by atoms with E-state index in [0.717, 1.165) is 0 Å². The third kappa shape index (κ3) is 1.37. The lowest BCUT2D eigenvalue weighted by Crippen LogP contribution is -2.01. The second-order valence-electron chi connectivity index (χ2n) is 3.15. The van der Waals surface area contributed by atoms with Crippen LogP contribution in [0.5, 0.6) is 0 Å². The van der Waals surface area contributed by atoms with Gasteiger partial charge < -0.3 is 5.73 Å². The maximum Gasteiger partial charge on any atom is 0.159 e. The van der Waals surface area contributed by atoms with Crippen LogP contribution in [0.3, 0.4) is 0 Å². The molecule has 1 aliphatic heterocycles. The fourth-order valence-corrected chi connectivity index (χ4v) is 2.65. The highest BCUT2D eigenvalue weighted by Crippen LogP contribution is 2.46. The lowest BCUT2D eigenvalue weighted by molar-refractivity contribution is 0.931. The first kappa shape index (κ1) is 10.0. The molecule has 0 radical (unpaired) electrons. The maximum absolute atomic E-state index is 5.65. The highest BCUT2D eigenvalue weighted by Gasteiger charge is 2.30. The molecule has 1 aliphatic carbocycles. The molecule has 1 unspecified atom stereocenters. The number of thioether (sulfide) groups is 1. The van der Waals surface area contributed by atoms with Gasteiger partial charge >= 0.3 is 0 Å². The molecule has 3 rings (SSSR count). The van der Waals surface area contributed by atoms with Crippen molar-refractivity contribution < 1.29 is 0 Å². The standard InChI is InChI=1S/C10H8N2S.HI/c11-10-12-9-7-4-2-1-3-6(7)5-8(9)13-10;/h1-5,9H,(H2,11,12);1H. The molecule has 1 aromatic rings. The number of amidine groups is 1. The van der Waals surface area contributed by atoms with Crippen LogP contribution in [0.4, 0.5) is 0 Å². The molecule has 2 N–H and O–H groups in total. The number of nitrogens with two attached hydrogens (primary N) is 1. The van der Waals surface area contributed by atoms with Crippen molar-refractivity contribution in [3.8, 4) is 0 Å². The van der Waals surface area contributed by atoms with Crippen molar-refractivity contribution >= 4 is 47.0 Å². The Balaban J connectivity index is 0.000000750. The largest absolute Gasteiger partial charge is 0.378 e. The molecule has 14 heavy (non-hydrogen) atoms. The molecule has 0 aromatic heterocycles. The molecule has 2 nitrogen and oxygen atoms in total. The Bertz CT molecular complexity index is 440. The van der Waals surface area contributed by atoms with Crippen LogP contribution in [-0.4, -0.2) is 5.17 Å². The molecular weight excluding hydrogens is 307 g/mol. The van der Waals surface area contributed by atoms with Gasteiger partial charge in [-0.05, 0) is 17.2 Å². The van der Waals surface area contributed by atoms with Gasteiger partial charge in [-0.25, -0.2) is 4.99 Å². The second-order valence-corrected chi connectivity index (χ2v) is 4.24. The normalized spacial score (nSPS) is 21.9. The fraction of sp³-hybridized carbons (Fsp3) is 0.100. The molecule has 1 aromatic carbocycles. The van der Waals surface area contributed by atoms with E-state index in [1.54, 1.807) is 11.8 Å². The minimum Gasteiger partial charge on any atom is -0.378 e. The second kappa shape index (κ2) is 3.58. The Morgan fingerprint density at radius 2 is 2.07 bits per heavy atom. The summed E-state index contributed by atoms with van der Waals surface area (Å²) in [5.74, 6) is 0. The van der Waals surface area contributed by atoms with Gasteiger partial charge in [-0.15, -0.1) is 24.0 Å². The van der Waals surface area contributed by atoms with Gasteiger partial charge in [0.1, 0.15) is 6.04 Å². The minimum absolute atomic E-state index is 0. The highest BCUT2D eigenvalue weighted by molar-refractivity contribution is 14.0. The predicted octanol–water partition coefficient (Wildman–Crippen LogP) is 2.76. The summed E-state index contributed by atoms with van der Waals surface area (Å²) in [7, 11) is 0. The van der Waals surface area contributed by atoms with E-state index in [9.17, 15) is 0 Å². The summed E-state index contributed by atoms with van der Waals surface area (Å²) < 4.78 is 0. The first-order valence-electron chi connectivity index (χ1n) is 4.16. The van der Waals surface area contributed by atoms with Crippen LogP contribution in [0.2, 0.25) is 0 Å². The number of fused-ring (bicyclic) bond motifs is 3. The molecule has 0 bridgehead atoms. The van der Waals surface area contributed by atoms with Gasteiger partial charge in [0.15, 0.2) is 5.17 Å². The quantitative estimate of drug-likeness (QED) is 0.748. The van der Waals surface area contributed by atoms with Crippen molar-refractivity contribution in [2.45, 2.75) is 6.04 Å². The maximum atomic E-state index is 5.65. The van der Waals surface area contributed by atoms with E-state index in [4.69, 9.17) is 5.73 Å². The number of hydrogen-bond acceptors (Lipinski definition) is 3. The van der Waals surface area contributed by atoms with E-state index < -0.39 is 0 Å². The minimum atomic E-state index is 0. The molecule has 4 heteroatoms. The topological polar surface area (TPSA) is 38.4 Å². The molecule has 0 saturated carbocycles. The zero-order chi connectivity index (χ0) is 8.84. The molecule has 1 heterocycles. The first-order valence-corrected chi connectivity index (χ1v) is 4.98. The average molecular weight is 316 g/mol. The molecule has 1 atom stereocenters. The zero-order valence-corrected chi connectivity index (χ0v) is 10.5. The number of rotatable bonds is 0. The van der Waals surface area contributed by atoms with Crippen molar-refractivity contribution in [2.75, 3.05) is 0 Å². The predicted molar refractivity (Wildman–Crippen MR) is 71.8 cm³/mol. The molecule has 0 saturated heterocycles. The average Bonchev–Trinajstić information content (AvgIpc) is 2.60. The van der Waals surface area contributed by atoms with Gasteiger partial charge in [0.2, 0.25) is 0 Å². The lowest BCUT2D eigenvalue weighted by Gasteiger charge is -2.02. The smallest absolute Gasteiger partial charge is 0.159 e. The Kier molecular flexibility index (Phi) is 2.57. The van der Waals surface area contributed by atoms with Gasteiger partial charge in [0, 0.05) is 4.91 Å². The summed E-state index contributed by atoms with van der Waals surface area (Å²) in [6.45, 7) is 0. The SMILES string of the molecule is I.NC1=NC2C(=Cc3ccccc32)S1. The molecule has 0 spiro atoms. The van der Waals surface area contributed by atoms with Gasteiger partial charge in [0.25, 0.3) is 0 Å². The number of aliphatic imine (C=N–C) groups is 1. The molecule has 2 aliphatic rings. The Labute approximate surface area is 104 Å². The van der Waals surface area contributed by atoms with Crippen molar-refractivity contribution in [2.24, 2.45) is 10.7 Å². The van der Waals surface area contributed by atoms with Gasteiger partial charge in [-0.1, -0.05) is 36.0 Å². The third-order valence-electron chi connectivity index (χ3n) is 2.34. The summed E-state index contributed by atoms with van der Waals surface area (Å²) in [5, 5.41) is 0.686. The summed E-state index contributed by atoms with van der Waals surface area (Å²) in [5.41, 5.74) is 8.22. The van der Waals surface area contributed by atoms with E-state index in [1.165, 1.54) is 16.0 Å². The molecular formula is C10H9IN2S. The van der Waals surface area contributed by atoms with Crippen LogP contribution in [-0.2, 0) is 0 Å². The Morgan fingerprint density at radius 3 is 2.93 bits per heavy atom. The van der Waals surface area contributed by atoms with Crippen LogP contribution in [0.25, 0.3) is 6.08 Å². The highest BCUT2D eigenvalue weighted by atomic mass is 127. The van der Waals surface area contributed by atoms with Crippen LogP contribution in [0.1, 0.15) is 17.2 Å². The third-order valence-corrected chi connectivity index (χ3v) is 3.23. The number of nitrogens with zero attached hydrogens (tertiary/aromatic N) is 1. The van der Waals surface area contributed by atoms with E-state index in [-0.39, 0.29) is 30.0 Å². The van der Waals surface area contributed by atoms with Gasteiger partial charge in [-0.3, -0.25) is 0 Å². The van der Waals surface area contributed by atoms with Crippen molar-refractivity contribution in [1.82, 2.24) is 0 Å². The summed E-state index contributed by atoms with van der Waals surface area (Å²) in [6, 6.07) is 8.53. The molecule has 72 valence electrons. The number of benzene rings is 1.